The summed E-state index contributed by atoms with van der Waals surface area (Å²) in [5.41, 5.74) is 1.33. The minimum absolute atomic E-state index is 0.0284. The van der Waals surface area contributed by atoms with Gasteiger partial charge < -0.3 is 18.5 Å². The van der Waals surface area contributed by atoms with Crippen molar-refractivity contribution in [2.75, 3.05) is 13.1 Å². The van der Waals surface area contributed by atoms with Gasteiger partial charge in [-0.15, -0.1) is 0 Å². The van der Waals surface area contributed by atoms with Gasteiger partial charge in [0, 0.05) is 25.1 Å². The number of esters is 1. The first-order chi connectivity index (χ1) is 24.0. The molecule has 0 aliphatic heterocycles. The predicted molar refractivity (Wildman–Crippen MR) is 225 cm³/mol. The van der Waals surface area contributed by atoms with E-state index in [1.807, 2.05) is 6.92 Å². The van der Waals surface area contributed by atoms with Gasteiger partial charge in [-0.05, 0) is 105 Å². The molecule has 6 nitrogen and oxygen atoms in total. The zero-order chi connectivity index (χ0) is 39.7. The lowest BCUT2D eigenvalue weighted by molar-refractivity contribution is -0.158. The van der Waals surface area contributed by atoms with E-state index in [4.69, 9.17) is 13.6 Å². The van der Waals surface area contributed by atoms with E-state index < -0.39 is 16.6 Å². The van der Waals surface area contributed by atoms with Crippen molar-refractivity contribution < 1.29 is 23.2 Å². The number of carbonyl (C=O) groups is 2. The van der Waals surface area contributed by atoms with Crippen molar-refractivity contribution in [2.45, 2.75) is 202 Å². The van der Waals surface area contributed by atoms with Crippen molar-refractivity contribution in [1.29, 1.82) is 0 Å². The third kappa shape index (κ3) is 13.5. The molecule has 8 heteroatoms. The fourth-order valence-corrected chi connectivity index (χ4v) is 10.1. The minimum Gasteiger partial charge on any atom is -0.461 e. The second-order valence-electron chi connectivity index (χ2n) is 19.7. The third-order valence-corrected chi connectivity index (χ3v) is 22.1. The lowest BCUT2D eigenvalue weighted by Crippen LogP contribution is -2.48. The number of amides is 1. The summed E-state index contributed by atoms with van der Waals surface area (Å²) in [6, 6.07) is 0. The first-order valence-corrected chi connectivity index (χ1v) is 27.0. The Kier molecular flexibility index (Phi) is 18.1. The fourth-order valence-electron chi connectivity index (χ4n) is 7.29. The maximum atomic E-state index is 14.1. The summed E-state index contributed by atoms with van der Waals surface area (Å²) in [6.45, 7) is 37.8. The first-order valence-electron chi connectivity index (χ1n) is 21.2. The van der Waals surface area contributed by atoms with Crippen LogP contribution in [-0.2, 0) is 23.2 Å². The first kappa shape index (κ1) is 46.9. The van der Waals surface area contributed by atoms with Gasteiger partial charge in [0.05, 0.1) is 18.4 Å². The molecule has 0 aromatic heterocycles. The van der Waals surface area contributed by atoms with E-state index >= 15 is 0 Å². The number of allylic oxidation sites excluding steroid dienone is 3. The van der Waals surface area contributed by atoms with Crippen molar-refractivity contribution in [3.63, 3.8) is 0 Å². The van der Waals surface area contributed by atoms with Crippen molar-refractivity contribution >= 4 is 28.5 Å². The molecule has 0 saturated carbocycles. The summed E-state index contributed by atoms with van der Waals surface area (Å²) < 4.78 is 20.9. The Morgan fingerprint density at radius 3 is 1.92 bits per heavy atom. The molecule has 0 saturated heterocycles. The molecule has 2 rings (SSSR count). The van der Waals surface area contributed by atoms with Gasteiger partial charge in [0.1, 0.15) is 6.10 Å². The zero-order valence-electron chi connectivity index (χ0n) is 36.8. The van der Waals surface area contributed by atoms with Crippen LogP contribution in [-0.4, -0.2) is 64.8 Å². The average Bonchev–Trinajstić information content (AvgIpc) is 3.02. The number of unbranched alkanes of at least 4 members (excludes halogenated alkanes) is 2. The standard InChI is InChI=1S/C44H83NO5Si2/c1-17-20-26-45(27-21-18-2)40(46)31-37(50-52(15,16)44(10,11)12)30-36(49-51(13,14)43(7,8)9)24-25-38-34(6)22-23-35-28-32(4)29-39(41(35)38)48-42(47)33(5)19-3/h22-23,28,32-34,36-39,41H,17-21,24-27,29-31H2,1-16H3/t32-,33-,34-,36+,37+,38-,39-,41-/m0/s1. The van der Waals surface area contributed by atoms with Crippen LogP contribution in [0.25, 0.3) is 0 Å². The highest BCUT2D eigenvalue weighted by atomic mass is 28.4. The smallest absolute Gasteiger partial charge is 0.308 e. The highest BCUT2D eigenvalue weighted by Gasteiger charge is 2.45. The summed E-state index contributed by atoms with van der Waals surface area (Å²) >= 11 is 0. The zero-order valence-corrected chi connectivity index (χ0v) is 38.8. The number of fused-ring (bicyclic) bond motifs is 1. The van der Waals surface area contributed by atoms with E-state index in [1.165, 1.54) is 5.57 Å². The number of rotatable bonds is 20. The summed E-state index contributed by atoms with van der Waals surface area (Å²) in [4.78, 5) is 29.4. The average molecular weight is 762 g/mol. The van der Waals surface area contributed by atoms with E-state index in [1.54, 1.807) is 0 Å². The minimum atomic E-state index is -2.20. The van der Waals surface area contributed by atoms with E-state index in [-0.39, 0.29) is 52.1 Å². The molecule has 0 bridgehead atoms. The van der Waals surface area contributed by atoms with E-state index in [2.05, 4.69) is 125 Å². The summed E-state index contributed by atoms with van der Waals surface area (Å²) in [5, 5.41) is 0.0835. The van der Waals surface area contributed by atoms with Gasteiger partial charge in [-0.1, -0.05) is 114 Å². The Balaban J connectivity index is 2.51. The van der Waals surface area contributed by atoms with Gasteiger partial charge in [0.2, 0.25) is 5.91 Å². The van der Waals surface area contributed by atoms with Crippen molar-refractivity contribution in [3.8, 4) is 0 Å². The molecule has 0 N–H and O–H groups in total. The molecule has 302 valence electrons. The highest BCUT2D eigenvalue weighted by molar-refractivity contribution is 6.74. The maximum absolute atomic E-state index is 14.1. The monoisotopic (exact) mass is 762 g/mol. The van der Waals surface area contributed by atoms with Gasteiger partial charge in [0.25, 0.3) is 0 Å². The molecule has 0 heterocycles. The van der Waals surface area contributed by atoms with Crippen molar-refractivity contribution in [3.05, 3.63) is 23.8 Å². The second kappa shape index (κ2) is 20.1. The molecule has 52 heavy (non-hydrogen) atoms. The van der Waals surface area contributed by atoms with Crippen LogP contribution < -0.4 is 0 Å². The fraction of sp³-hybridized carbons (Fsp3) is 0.864. The molecular weight excluding hydrogens is 679 g/mol. The lowest BCUT2D eigenvalue weighted by atomic mass is 9.65. The second-order valence-corrected chi connectivity index (χ2v) is 29.2. The van der Waals surface area contributed by atoms with E-state index in [0.717, 1.165) is 64.5 Å². The summed E-state index contributed by atoms with van der Waals surface area (Å²) in [5.74, 6) is 1.31. The molecule has 1 amide bonds. The summed E-state index contributed by atoms with van der Waals surface area (Å²) in [7, 11) is -4.36. The molecule has 0 aromatic rings. The molecule has 0 aromatic carbocycles. The van der Waals surface area contributed by atoms with Crippen molar-refractivity contribution in [1.82, 2.24) is 4.90 Å². The van der Waals surface area contributed by atoms with E-state index in [9.17, 15) is 9.59 Å². The Bertz CT molecular complexity index is 1170. The van der Waals surface area contributed by atoms with Crippen LogP contribution in [0.5, 0.6) is 0 Å². The number of nitrogens with zero attached hydrogens (tertiary/aromatic N) is 1. The molecular formula is C44H83NO5Si2. The van der Waals surface area contributed by atoms with Gasteiger partial charge in [-0.25, -0.2) is 0 Å². The third-order valence-electron chi connectivity index (χ3n) is 13.1. The van der Waals surface area contributed by atoms with E-state index in [0.29, 0.717) is 30.6 Å². The normalized spacial score (nSPS) is 24.5. The lowest BCUT2D eigenvalue weighted by Gasteiger charge is -2.45. The van der Waals surface area contributed by atoms with Gasteiger partial charge in [-0.2, -0.15) is 0 Å². The molecule has 0 radical (unpaired) electrons. The molecule has 0 unspecified atom stereocenters. The van der Waals surface area contributed by atoms with Crippen LogP contribution in [0.15, 0.2) is 23.8 Å². The Labute approximate surface area is 323 Å². The predicted octanol–water partition coefficient (Wildman–Crippen LogP) is 12.1. The molecule has 0 fully saturated rings. The topological polar surface area (TPSA) is 65.1 Å². The summed E-state index contributed by atoms with van der Waals surface area (Å²) in [6.07, 6.45) is 15.6. The largest absolute Gasteiger partial charge is 0.461 e. The van der Waals surface area contributed by atoms with Crippen LogP contribution in [0.1, 0.15) is 147 Å². The van der Waals surface area contributed by atoms with Crippen LogP contribution >= 0.6 is 0 Å². The van der Waals surface area contributed by atoms with Crippen LogP contribution in [0, 0.1) is 29.6 Å². The van der Waals surface area contributed by atoms with Gasteiger partial charge in [0.15, 0.2) is 16.6 Å². The molecule has 0 spiro atoms. The number of carbonyl (C=O) groups excluding carboxylic acids is 2. The number of ether oxygens (including phenoxy) is 1. The highest BCUT2D eigenvalue weighted by Crippen LogP contribution is 2.46. The Morgan fingerprint density at radius 2 is 1.42 bits per heavy atom. The van der Waals surface area contributed by atoms with Crippen LogP contribution in [0.4, 0.5) is 0 Å². The molecule has 2 aliphatic rings. The van der Waals surface area contributed by atoms with Crippen LogP contribution in [0.3, 0.4) is 0 Å². The number of hydrogen-bond acceptors (Lipinski definition) is 5. The maximum Gasteiger partial charge on any atom is 0.308 e. The molecule has 8 atom stereocenters. The van der Waals surface area contributed by atoms with Gasteiger partial charge in [-0.3, -0.25) is 9.59 Å². The van der Waals surface area contributed by atoms with Crippen molar-refractivity contribution in [2.24, 2.45) is 29.6 Å². The molecule has 2 aliphatic carbocycles. The number of hydrogen-bond donors (Lipinski definition) is 0. The SMILES string of the molecule is CCCCN(CCCC)C(=O)C[C@@H](C[C@@H](CC[C@@H]1[C@@H]2C(=C[C@H](C)C[C@@H]2OC(=O)[C@@H](C)CC)C=C[C@@H]1C)O[Si](C)(C)C(C)(C)C)O[Si](C)(C)C(C)(C)C. The van der Waals surface area contributed by atoms with Crippen LogP contribution in [0.2, 0.25) is 36.3 Å². The van der Waals surface area contributed by atoms with Gasteiger partial charge >= 0.3 is 5.97 Å². The Hall–Kier alpha value is -1.23. The quantitative estimate of drug-likeness (QED) is 0.0913. The Morgan fingerprint density at radius 1 is 0.885 bits per heavy atom.